The van der Waals surface area contributed by atoms with Crippen molar-refractivity contribution in [2.45, 2.75) is 25.4 Å². The highest BCUT2D eigenvalue weighted by molar-refractivity contribution is 5.82. The van der Waals surface area contributed by atoms with Gasteiger partial charge in [-0.2, -0.15) is 0 Å². The van der Waals surface area contributed by atoms with Crippen LogP contribution >= 0.6 is 0 Å². The summed E-state index contributed by atoms with van der Waals surface area (Å²) in [5.74, 6) is 0.255. The van der Waals surface area contributed by atoms with Crippen LogP contribution in [0.15, 0.2) is 30.5 Å². The molecule has 2 aromatic rings. The molecule has 0 aliphatic carbocycles. The van der Waals surface area contributed by atoms with Crippen molar-refractivity contribution >= 4 is 16.8 Å². The Balaban J connectivity index is 1.66. The van der Waals surface area contributed by atoms with Crippen molar-refractivity contribution in [3.05, 3.63) is 36.0 Å². The SMILES string of the molecule is CN1CC(NCc2cccc3[nH]ccc23)CCC1=O. The molecule has 1 amide bonds. The quantitative estimate of drug-likeness (QED) is 0.882. The van der Waals surface area contributed by atoms with E-state index in [2.05, 4.69) is 34.6 Å². The first-order valence-electron chi connectivity index (χ1n) is 6.76. The Labute approximate surface area is 112 Å². The van der Waals surface area contributed by atoms with Crippen LogP contribution in [0.25, 0.3) is 10.9 Å². The number of carbonyl (C=O) groups is 1. The fraction of sp³-hybridized carbons (Fsp3) is 0.400. The second-order valence-corrected chi connectivity index (χ2v) is 5.25. The molecule has 1 fully saturated rings. The lowest BCUT2D eigenvalue weighted by atomic mass is 10.0. The van der Waals surface area contributed by atoms with Gasteiger partial charge in [0, 0.05) is 49.7 Å². The van der Waals surface area contributed by atoms with Crippen molar-refractivity contribution in [3.63, 3.8) is 0 Å². The molecule has 1 aromatic heterocycles. The molecule has 3 rings (SSSR count). The van der Waals surface area contributed by atoms with Crippen LogP contribution in [0.3, 0.4) is 0 Å². The number of H-pyrrole nitrogens is 1. The van der Waals surface area contributed by atoms with Crippen LogP contribution in [0.5, 0.6) is 0 Å². The number of nitrogens with zero attached hydrogens (tertiary/aromatic N) is 1. The zero-order valence-electron chi connectivity index (χ0n) is 11.1. The van der Waals surface area contributed by atoms with Crippen molar-refractivity contribution in [2.24, 2.45) is 0 Å². The molecule has 1 aliphatic rings. The van der Waals surface area contributed by atoms with E-state index in [1.54, 1.807) is 0 Å². The Morgan fingerprint density at radius 1 is 1.42 bits per heavy atom. The van der Waals surface area contributed by atoms with E-state index in [1.807, 2.05) is 18.1 Å². The summed E-state index contributed by atoms with van der Waals surface area (Å²) >= 11 is 0. The van der Waals surface area contributed by atoms with E-state index in [0.717, 1.165) is 19.5 Å². The van der Waals surface area contributed by atoms with Gasteiger partial charge in [0.1, 0.15) is 0 Å². The zero-order valence-corrected chi connectivity index (χ0v) is 11.1. The molecule has 2 heterocycles. The van der Waals surface area contributed by atoms with Gasteiger partial charge >= 0.3 is 0 Å². The van der Waals surface area contributed by atoms with Gasteiger partial charge in [0.25, 0.3) is 0 Å². The number of aromatic amines is 1. The van der Waals surface area contributed by atoms with E-state index in [-0.39, 0.29) is 5.91 Å². The van der Waals surface area contributed by atoms with Crippen molar-refractivity contribution in [3.8, 4) is 0 Å². The molecular weight excluding hydrogens is 238 g/mol. The molecule has 1 atom stereocenters. The third-order valence-electron chi connectivity index (χ3n) is 3.89. The number of nitrogens with one attached hydrogen (secondary N) is 2. The Hall–Kier alpha value is -1.81. The highest BCUT2D eigenvalue weighted by Crippen LogP contribution is 2.18. The van der Waals surface area contributed by atoms with Gasteiger partial charge in [-0.1, -0.05) is 12.1 Å². The Bertz CT molecular complexity index is 590. The number of fused-ring (bicyclic) bond motifs is 1. The molecule has 0 bridgehead atoms. The normalized spacial score (nSPS) is 20.2. The van der Waals surface area contributed by atoms with Gasteiger partial charge in [0.05, 0.1) is 0 Å². The van der Waals surface area contributed by atoms with E-state index in [9.17, 15) is 4.79 Å². The van der Waals surface area contributed by atoms with Crippen molar-refractivity contribution in [1.29, 1.82) is 0 Å². The number of benzene rings is 1. The Morgan fingerprint density at radius 3 is 3.16 bits per heavy atom. The van der Waals surface area contributed by atoms with Gasteiger partial charge in [-0.25, -0.2) is 0 Å². The lowest BCUT2D eigenvalue weighted by Crippen LogP contribution is -2.46. The number of rotatable bonds is 3. The molecule has 0 saturated carbocycles. The molecule has 2 N–H and O–H groups in total. The van der Waals surface area contributed by atoms with Crippen LogP contribution in [0.1, 0.15) is 18.4 Å². The summed E-state index contributed by atoms with van der Waals surface area (Å²) in [7, 11) is 1.88. The standard InChI is InChI=1S/C15H19N3O/c1-18-10-12(5-6-15(18)19)17-9-11-3-2-4-14-13(11)7-8-16-14/h2-4,7-8,12,16-17H,5-6,9-10H2,1H3. The Morgan fingerprint density at radius 2 is 2.32 bits per heavy atom. The largest absolute Gasteiger partial charge is 0.361 e. The van der Waals surface area contributed by atoms with Crippen LogP contribution < -0.4 is 5.32 Å². The van der Waals surface area contributed by atoms with E-state index < -0.39 is 0 Å². The first-order chi connectivity index (χ1) is 9.24. The maximum Gasteiger partial charge on any atom is 0.222 e. The molecule has 1 aromatic carbocycles. The summed E-state index contributed by atoms with van der Waals surface area (Å²) in [6.07, 6.45) is 3.57. The maximum absolute atomic E-state index is 11.4. The van der Waals surface area contributed by atoms with Gasteiger partial charge in [-0.15, -0.1) is 0 Å². The van der Waals surface area contributed by atoms with E-state index in [0.29, 0.717) is 12.5 Å². The molecule has 19 heavy (non-hydrogen) atoms. The molecular formula is C15H19N3O. The van der Waals surface area contributed by atoms with Crippen molar-refractivity contribution < 1.29 is 4.79 Å². The predicted octanol–water partition coefficient (Wildman–Crippen LogP) is 1.88. The van der Waals surface area contributed by atoms with Crippen molar-refractivity contribution in [2.75, 3.05) is 13.6 Å². The minimum Gasteiger partial charge on any atom is -0.361 e. The number of likely N-dealkylation sites (N-methyl/N-ethyl adjacent to an activating group) is 1. The molecule has 0 radical (unpaired) electrons. The molecule has 1 aliphatic heterocycles. The Kier molecular flexibility index (Phi) is 3.25. The zero-order chi connectivity index (χ0) is 13.2. The van der Waals surface area contributed by atoms with Crippen LogP contribution in [-0.2, 0) is 11.3 Å². The second-order valence-electron chi connectivity index (χ2n) is 5.25. The molecule has 1 saturated heterocycles. The molecule has 0 spiro atoms. The number of piperidine rings is 1. The smallest absolute Gasteiger partial charge is 0.222 e. The minimum atomic E-state index is 0.255. The summed E-state index contributed by atoms with van der Waals surface area (Å²) < 4.78 is 0. The lowest BCUT2D eigenvalue weighted by Gasteiger charge is -2.30. The molecule has 4 heteroatoms. The van der Waals surface area contributed by atoms with E-state index in [1.165, 1.54) is 16.5 Å². The number of hydrogen-bond donors (Lipinski definition) is 2. The van der Waals surface area contributed by atoms with Gasteiger partial charge in [-0.3, -0.25) is 4.79 Å². The average molecular weight is 257 g/mol. The highest BCUT2D eigenvalue weighted by atomic mass is 16.2. The number of amides is 1. The fourth-order valence-electron chi connectivity index (χ4n) is 2.74. The van der Waals surface area contributed by atoms with Crippen LogP contribution in [0.2, 0.25) is 0 Å². The fourth-order valence-corrected chi connectivity index (χ4v) is 2.74. The van der Waals surface area contributed by atoms with Crippen LogP contribution in [0.4, 0.5) is 0 Å². The van der Waals surface area contributed by atoms with E-state index >= 15 is 0 Å². The number of hydrogen-bond acceptors (Lipinski definition) is 2. The topological polar surface area (TPSA) is 48.1 Å². The second kappa shape index (κ2) is 5.05. The monoisotopic (exact) mass is 257 g/mol. The van der Waals surface area contributed by atoms with Crippen LogP contribution in [0, 0.1) is 0 Å². The number of carbonyl (C=O) groups excluding carboxylic acids is 1. The van der Waals surface area contributed by atoms with Gasteiger partial charge in [0.2, 0.25) is 5.91 Å². The molecule has 100 valence electrons. The highest BCUT2D eigenvalue weighted by Gasteiger charge is 2.22. The summed E-state index contributed by atoms with van der Waals surface area (Å²) in [6.45, 7) is 1.66. The first-order valence-corrected chi connectivity index (χ1v) is 6.76. The predicted molar refractivity (Wildman–Crippen MR) is 75.8 cm³/mol. The minimum absolute atomic E-state index is 0.255. The third kappa shape index (κ3) is 2.49. The summed E-state index contributed by atoms with van der Waals surface area (Å²) in [5.41, 5.74) is 2.48. The molecule has 4 nitrogen and oxygen atoms in total. The van der Waals surface area contributed by atoms with Gasteiger partial charge < -0.3 is 15.2 Å². The first kappa shape index (κ1) is 12.2. The summed E-state index contributed by atoms with van der Waals surface area (Å²) in [5, 5.41) is 4.84. The van der Waals surface area contributed by atoms with E-state index in [4.69, 9.17) is 0 Å². The average Bonchev–Trinajstić information content (AvgIpc) is 2.89. The third-order valence-corrected chi connectivity index (χ3v) is 3.89. The lowest BCUT2D eigenvalue weighted by molar-refractivity contribution is -0.132. The summed E-state index contributed by atoms with van der Waals surface area (Å²) in [4.78, 5) is 16.5. The number of aromatic nitrogens is 1. The van der Waals surface area contributed by atoms with Crippen LogP contribution in [-0.4, -0.2) is 35.4 Å². The number of likely N-dealkylation sites (tertiary alicyclic amines) is 1. The van der Waals surface area contributed by atoms with Gasteiger partial charge in [-0.05, 0) is 24.1 Å². The molecule has 1 unspecified atom stereocenters. The maximum atomic E-state index is 11.4. The van der Waals surface area contributed by atoms with Gasteiger partial charge in [0.15, 0.2) is 0 Å². The van der Waals surface area contributed by atoms with Crippen molar-refractivity contribution in [1.82, 2.24) is 15.2 Å². The summed E-state index contributed by atoms with van der Waals surface area (Å²) in [6, 6.07) is 8.83.